The van der Waals surface area contributed by atoms with Gasteiger partial charge in [-0.3, -0.25) is 0 Å². The predicted molar refractivity (Wildman–Crippen MR) is 88.4 cm³/mol. The second-order valence-electron chi connectivity index (χ2n) is 5.35. The van der Waals surface area contributed by atoms with E-state index >= 15 is 0 Å². The van der Waals surface area contributed by atoms with Crippen LogP contribution in [0.2, 0.25) is 0 Å². The lowest BCUT2D eigenvalue weighted by Crippen LogP contribution is -2.35. The summed E-state index contributed by atoms with van der Waals surface area (Å²) in [6.45, 7) is 4.95. The Balaban J connectivity index is 2.24. The SMILES string of the molecule is CCCNC(CC)CS(=O)(=O)c1ccc2ccccc2c1. The molecular formula is C17H23NO2S. The Morgan fingerprint density at radius 1 is 1.05 bits per heavy atom. The molecule has 0 spiro atoms. The minimum atomic E-state index is -3.26. The van der Waals surface area contributed by atoms with Crippen LogP contribution in [0.4, 0.5) is 0 Å². The second-order valence-corrected chi connectivity index (χ2v) is 7.38. The number of fused-ring (bicyclic) bond motifs is 1. The van der Waals surface area contributed by atoms with Crippen molar-refractivity contribution in [3.8, 4) is 0 Å². The average Bonchev–Trinajstić information content (AvgIpc) is 2.50. The van der Waals surface area contributed by atoms with Crippen LogP contribution in [0, 0.1) is 0 Å². The third-order valence-corrected chi connectivity index (χ3v) is 5.49. The number of hydrogen-bond donors (Lipinski definition) is 1. The van der Waals surface area contributed by atoms with Crippen LogP contribution in [0.15, 0.2) is 47.4 Å². The zero-order chi connectivity index (χ0) is 15.3. The highest BCUT2D eigenvalue weighted by atomic mass is 32.2. The molecular weight excluding hydrogens is 282 g/mol. The highest BCUT2D eigenvalue weighted by Crippen LogP contribution is 2.20. The van der Waals surface area contributed by atoms with Gasteiger partial charge in [-0.25, -0.2) is 8.42 Å². The molecule has 4 heteroatoms. The molecule has 0 radical (unpaired) electrons. The molecule has 0 fully saturated rings. The standard InChI is InChI=1S/C17H23NO2S/c1-3-11-18-16(4-2)13-21(19,20)17-10-9-14-7-5-6-8-15(14)12-17/h5-10,12,16,18H,3-4,11,13H2,1-2H3. The van der Waals surface area contributed by atoms with E-state index in [9.17, 15) is 8.42 Å². The van der Waals surface area contributed by atoms with E-state index in [4.69, 9.17) is 0 Å². The summed E-state index contributed by atoms with van der Waals surface area (Å²) in [5, 5.41) is 5.33. The molecule has 0 aliphatic rings. The first-order valence-corrected chi connectivity index (χ1v) is 9.17. The molecule has 0 bridgehead atoms. The van der Waals surface area contributed by atoms with Crippen molar-refractivity contribution in [1.29, 1.82) is 0 Å². The molecule has 2 aromatic carbocycles. The quantitative estimate of drug-likeness (QED) is 0.853. The van der Waals surface area contributed by atoms with Crippen molar-refractivity contribution in [3.05, 3.63) is 42.5 Å². The van der Waals surface area contributed by atoms with Crippen LogP contribution in [0.3, 0.4) is 0 Å². The van der Waals surface area contributed by atoms with Crippen LogP contribution in [0.5, 0.6) is 0 Å². The molecule has 0 aliphatic carbocycles. The molecule has 1 unspecified atom stereocenters. The maximum atomic E-state index is 12.6. The van der Waals surface area contributed by atoms with Crippen LogP contribution >= 0.6 is 0 Å². The first kappa shape index (κ1) is 16.0. The molecule has 2 aromatic rings. The molecule has 0 saturated heterocycles. The van der Waals surface area contributed by atoms with Crippen molar-refractivity contribution >= 4 is 20.6 Å². The number of rotatable bonds is 7. The monoisotopic (exact) mass is 305 g/mol. The lowest BCUT2D eigenvalue weighted by molar-refractivity contribution is 0.520. The van der Waals surface area contributed by atoms with Gasteiger partial charge in [-0.15, -0.1) is 0 Å². The molecule has 1 atom stereocenters. The zero-order valence-corrected chi connectivity index (χ0v) is 13.5. The first-order chi connectivity index (χ1) is 10.1. The molecule has 0 aromatic heterocycles. The van der Waals surface area contributed by atoms with E-state index in [0.717, 1.165) is 30.2 Å². The Morgan fingerprint density at radius 3 is 2.43 bits per heavy atom. The maximum Gasteiger partial charge on any atom is 0.179 e. The normalized spacial score (nSPS) is 13.4. The van der Waals surface area contributed by atoms with E-state index < -0.39 is 9.84 Å². The van der Waals surface area contributed by atoms with E-state index in [1.807, 2.05) is 37.3 Å². The van der Waals surface area contributed by atoms with Gasteiger partial charge in [-0.2, -0.15) is 0 Å². The van der Waals surface area contributed by atoms with Crippen LogP contribution in [0.25, 0.3) is 10.8 Å². The second kappa shape index (κ2) is 7.05. The summed E-state index contributed by atoms with van der Waals surface area (Å²) < 4.78 is 25.1. The van der Waals surface area contributed by atoms with Gasteiger partial charge in [0, 0.05) is 6.04 Å². The summed E-state index contributed by atoms with van der Waals surface area (Å²) in [6.07, 6.45) is 1.82. The number of sulfone groups is 1. The summed E-state index contributed by atoms with van der Waals surface area (Å²) >= 11 is 0. The number of hydrogen-bond acceptors (Lipinski definition) is 3. The van der Waals surface area contributed by atoms with E-state index in [2.05, 4.69) is 12.2 Å². The summed E-state index contributed by atoms with van der Waals surface area (Å²) in [7, 11) is -3.26. The Hall–Kier alpha value is -1.39. The molecule has 21 heavy (non-hydrogen) atoms. The van der Waals surface area contributed by atoms with Crippen molar-refractivity contribution in [2.24, 2.45) is 0 Å². The molecule has 0 aliphatic heterocycles. The van der Waals surface area contributed by atoms with Crippen LogP contribution in [-0.4, -0.2) is 26.8 Å². The van der Waals surface area contributed by atoms with Gasteiger partial charge in [-0.1, -0.05) is 44.2 Å². The lowest BCUT2D eigenvalue weighted by atomic mass is 10.1. The van der Waals surface area contributed by atoms with Gasteiger partial charge in [0.05, 0.1) is 10.6 Å². The van der Waals surface area contributed by atoms with E-state index in [-0.39, 0.29) is 11.8 Å². The summed E-state index contributed by atoms with van der Waals surface area (Å²) in [5.41, 5.74) is 0. The molecule has 114 valence electrons. The zero-order valence-electron chi connectivity index (χ0n) is 12.7. The Morgan fingerprint density at radius 2 is 1.76 bits per heavy atom. The van der Waals surface area contributed by atoms with Gasteiger partial charge >= 0.3 is 0 Å². The van der Waals surface area contributed by atoms with Gasteiger partial charge in [0.25, 0.3) is 0 Å². The fraction of sp³-hybridized carbons (Fsp3) is 0.412. The van der Waals surface area contributed by atoms with Crippen molar-refractivity contribution in [1.82, 2.24) is 5.32 Å². The molecule has 1 N–H and O–H groups in total. The van der Waals surface area contributed by atoms with Crippen LogP contribution < -0.4 is 5.32 Å². The van der Waals surface area contributed by atoms with E-state index in [1.54, 1.807) is 12.1 Å². The van der Waals surface area contributed by atoms with Crippen molar-refractivity contribution in [2.45, 2.75) is 37.6 Å². The Labute approximate surface area is 127 Å². The third-order valence-electron chi connectivity index (χ3n) is 3.68. The van der Waals surface area contributed by atoms with Gasteiger partial charge in [0.1, 0.15) is 0 Å². The number of benzene rings is 2. The van der Waals surface area contributed by atoms with Gasteiger partial charge in [0.2, 0.25) is 0 Å². The molecule has 2 rings (SSSR count). The first-order valence-electron chi connectivity index (χ1n) is 7.51. The Bertz CT molecular complexity index is 695. The van der Waals surface area contributed by atoms with Gasteiger partial charge in [-0.05, 0) is 42.3 Å². The highest BCUT2D eigenvalue weighted by Gasteiger charge is 2.20. The Kier molecular flexibility index (Phi) is 5.37. The largest absolute Gasteiger partial charge is 0.313 e. The lowest BCUT2D eigenvalue weighted by Gasteiger charge is -2.16. The topological polar surface area (TPSA) is 46.2 Å². The average molecular weight is 305 g/mol. The molecule has 0 saturated carbocycles. The highest BCUT2D eigenvalue weighted by molar-refractivity contribution is 7.91. The third kappa shape index (κ3) is 4.05. The molecule has 0 amide bonds. The van der Waals surface area contributed by atoms with Crippen molar-refractivity contribution in [3.63, 3.8) is 0 Å². The predicted octanol–water partition coefficient (Wildman–Crippen LogP) is 3.39. The summed E-state index contributed by atoms with van der Waals surface area (Å²) in [5.74, 6) is 0.155. The van der Waals surface area contributed by atoms with Gasteiger partial charge in [0.15, 0.2) is 9.84 Å². The van der Waals surface area contributed by atoms with Crippen LogP contribution in [-0.2, 0) is 9.84 Å². The van der Waals surface area contributed by atoms with Gasteiger partial charge < -0.3 is 5.32 Å². The molecule has 3 nitrogen and oxygen atoms in total. The van der Waals surface area contributed by atoms with E-state index in [1.165, 1.54) is 0 Å². The number of nitrogens with one attached hydrogen (secondary N) is 1. The minimum Gasteiger partial charge on any atom is -0.313 e. The van der Waals surface area contributed by atoms with E-state index in [0.29, 0.717) is 4.90 Å². The fourth-order valence-corrected chi connectivity index (χ4v) is 4.05. The smallest absolute Gasteiger partial charge is 0.179 e. The van der Waals surface area contributed by atoms with Crippen molar-refractivity contribution < 1.29 is 8.42 Å². The van der Waals surface area contributed by atoms with Crippen LogP contribution in [0.1, 0.15) is 26.7 Å². The molecule has 0 heterocycles. The maximum absolute atomic E-state index is 12.6. The summed E-state index contributed by atoms with van der Waals surface area (Å²) in [6, 6.07) is 13.2. The fourth-order valence-electron chi connectivity index (χ4n) is 2.39. The summed E-state index contributed by atoms with van der Waals surface area (Å²) in [4.78, 5) is 0.415. The minimum absolute atomic E-state index is 0.0152. The van der Waals surface area contributed by atoms with Crippen molar-refractivity contribution in [2.75, 3.05) is 12.3 Å².